The predicted molar refractivity (Wildman–Crippen MR) is 69.9 cm³/mol. The predicted octanol–water partition coefficient (Wildman–Crippen LogP) is 0.784. The molecule has 1 aliphatic carbocycles. The van der Waals surface area contributed by atoms with E-state index in [0.29, 0.717) is 6.54 Å². The zero-order chi connectivity index (χ0) is 13.1. The molecule has 18 heavy (non-hydrogen) atoms. The van der Waals surface area contributed by atoms with Crippen molar-refractivity contribution in [2.75, 3.05) is 18.5 Å². The van der Waals surface area contributed by atoms with Crippen LogP contribution in [0, 0.1) is 5.92 Å². The van der Waals surface area contributed by atoms with E-state index in [1.54, 1.807) is 6.33 Å². The number of nitrogens with two attached hydrogens (primary N) is 1. The number of aromatic nitrogens is 2. The number of rotatable bonds is 4. The minimum absolute atomic E-state index is 0.0213. The molecule has 0 saturated carbocycles. The molecule has 98 valence electrons. The fraction of sp³-hybridized carbons (Fsp3) is 0.583. The van der Waals surface area contributed by atoms with Crippen molar-refractivity contribution < 1.29 is 5.21 Å². The molecule has 0 radical (unpaired) electrons. The molecule has 0 amide bonds. The number of fused-ring (bicyclic) bond motifs is 1. The maximum Gasteiger partial charge on any atom is 0.143 e. The van der Waals surface area contributed by atoms with E-state index in [-0.39, 0.29) is 11.8 Å². The van der Waals surface area contributed by atoms with E-state index < -0.39 is 0 Å². The van der Waals surface area contributed by atoms with Crippen LogP contribution in [-0.2, 0) is 12.8 Å². The van der Waals surface area contributed by atoms with Crippen molar-refractivity contribution in [3.63, 3.8) is 0 Å². The van der Waals surface area contributed by atoms with E-state index in [4.69, 9.17) is 10.9 Å². The molecule has 0 aromatic carbocycles. The molecule has 1 aromatic heterocycles. The minimum Gasteiger partial charge on any atom is -0.409 e. The second kappa shape index (κ2) is 5.20. The largest absolute Gasteiger partial charge is 0.409 e. The molecule has 3 N–H and O–H groups in total. The second-order valence-electron chi connectivity index (χ2n) is 4.78. The van der Waals surface area contributed by atoms with Crippen LogP contribution in [0.1, 0.15) is 24.6 Å². The Hall–Kier alpha value is -1.85. The number of amidine groups is 1. The van der Waals surface area contributed by atoms with Crippen LogP contribution in [0.2, 0.25) is 0 Å². The average Bonchev–Trinajstić information content (AvgIpc) is 2.85. The maximum absolute atomic E-state index is 8.66. The molecular formula is C12H19N5O. The van der Waals surface area contributed by atoms with E-state index in [1.165, 1.54) is 5.56 Å². The maximum atomic E-state index is 8.66. The molecule has 6 nitrogen and oxygen atoms in total. The van der Waals surface area contributed by atoms with Crippen LogP contribution in [0.3, 0.4) is 0 Å². The van der Waals surface area contributed by atoms with Gasteiger partial charge in [0, 0.05) is 30.8 Å². The average molecular weight is 249 g/mol. The molecule has 6 heteroatoms. The van der Waals surface area contributed by atoms with Crippen LogP contribution in [-0.4, -0.2) is 34.6 Å². The zero-order valence-corrected chi connectivity index (χ0v) is 10.8. The van der Waals surface area contributed by atoms with Crippen LogP contribution in [0.15, 0.2) is 11.5 Å². The van der Waals surface area contributed by atoms with E-state index in [9.17, 15) is 0 Å². The molecule has 2 rings (SSSR count). The van der Waals surface area contributed by atoms with Crippen molar-refractivity contribution >= 4 is 11.7 Å². The van der Waals surface area contributed by atoms with Gasteiger partial charge in [0.15, 0.2) is 0 Å². The summed E-state index contributed by atoms with van der Waals surface area (Å²) in [5.41, 5.74) is 7.99. The molecule has 0 aliphatic heterocycles. The highest BCUT2D eigenvalue weighted by atomic mass is 16.4. The Morgan fingerprint density at radius 3 is 3.06 bits per heavy atom. The molecule has 1 aromatic rings. The van der Waals surface area contributed by atoms with Gasteiger partial charge in [-0.1, -0.05) is 12.1 Å². The van der Waals surface area contributed by atoms with E-state index in [0.717, 1.165) is 30.8 Å². The van der Waals surface area contributed by atoms with Crippen LogP contribution >= 0.6 is 0 Å². The Morgan fingerprint density at radius 2 is 2.33 bits per heavy atom. The van der Waals surface area contributed by atoms with Crippen molar-refractivity contribution in [1.29, 1.82) is 0 Å². The fourth-order valence-electron chi connectivity index (χ4n) is 2.36. The van der Waals surface area contributed by atoms with Crippen LogP contribution in [0.4, 0.5) is 5.82 Å². The summed E-state index contributed by atoms with van der Waals surface area (Å²) in [6.07, 6.45) is 4.83. The minimum atomic E-state index is -0.0213. The molecule has 1 atom stereocenters. The first-order valence-corrected chi connectivity index (χ1v) is 6.14. The molecule has 1 aliphatic rings. The number of oxime groups is 1. The van der Waals surface area contributed by atoms with Gasteiger partial charge in [-0.2, -0.15) is 0 Å². The van der Waals surface area contributed by atoms with Gasteiger partial charge >= 0.3 is 0 Å². The third kappa shape index (κ3) is 2.37. The lowest BCUT2D eigenvalue weighted by atomic mass is 10.1. The van der Waals surface area contributed by atoms with Crippen molar-refractivity contribution in [3.8, 4) is 0 Å². The first kappa shape index (κ1) is 12.6. The Bertz CT molecular complexity index is 460. The van der Waals surface area contributed by atoms with Gasteiger partial charge in [0.1, 0.15) is 18.0 Å². The highest BCUT2D eigenvalue weighted by Crippen LogP contribution is 2.27. The van der Waals surface area contributed by atoms with Crippen molar-refractivity contribution in [2.24, 2.45) is 16.8 Å². The summed E-state index contributed by atoms with van der Waals surface area (Å²) in [5, 5.41) is 11.7. The summed E-state index contributed by atoms with van der Waals surface area (Å²) in [6, 6.07) is 0. The third-order valence-electron chi connectivity index (χ3n) is 3.38. The molecule has 0 spiro atoms. The summed E-state index contributed by atoms with van der Waals surface area (Å²) < 4.78 is 0. The molecule has 0 bridgehead atoms. The van der Waals surface area contributed by atoms with Crippen molar-refractivity contribution in [1.82, 2.24) is 9.97 Å². The molecule has 0 fully saturated rings. The first-order chi connectivity index (χ1) is 8.63. The van der Waals surface area contributed by atoms with Gasteiger partial charge in [0.25, 0.3) is 0 Å². The zero-order valence-electron chi connectivity index (χ0n) is 10.8. The monoisotopic (exact) mass is 249 g/mol. The smallest absolute Gasteiger partial charge is 0.143 e. The standard InChI is InChI=1S/C12H19N5O/c1-8(11(13)16-18)6-17(2)12-9-4-3-5-10(9)14-7-15-12/h7-8,18H,3-6H2,1-2H3,(H2,13,16). The Kier molecular flexibility index (Phi) is 3.64. The van der Waals surface area contributed by atoms with Gasteiger partial charge in [-0.3, -0.25) is 0 Å². The summed E-state index contributed by atoms with van der Waals surface area (Å²) in [7, 11) is 1.97. The number of anilines is 1. The lowest BCUT2D eigenvalue weighted by Crippen LogP contribution is -2.33. The summed E-state index contributed by atoms with van der Waals surface area (Å²) >= 11 is 0. The first-order valence-electron chi connectivity index (χ1n) is 6.14. The molecular weight excluding hydrogens is 230 g/mol. The van der Waals surface area contributed by atoms with Gasteiger partial charge in [0.05, 0.1) is 0 Å². The van der Waals surface area contributed by atoms with Crippen LogP contribution < -0.4 is 10.6 Å². The van der Waals surface area contributed by atoms with E-state index in [2.05, 4.69) is 20.0 Å². The van der Waals surface area contributed by atoms with Crippen LogP contribution in [0.5, 0.6) is 0 Å². The quantitative estimate of drug-likeness (QED) is 0.356. The van der Waals surface area contributed by atoms with Gasteiger partial charge in [-0.25, -0.2) is 9.97 Å². The summed E-state index contributed by atoms with van der Waals surface area (Å²) in [5.74, 6) is 1.19. The molecule has 1 unspecified atom stereocenters. The number of hydrogen-bond acceptors (Lipinski definition) is 5. The number of nitrogens with zero attached hydrogens (tertiary/aromatic N) is 4. The highest BCUT2D eigenvalue weighted by Gasteiger charge is 2.20. The Labute approximate surface area is 107 Å². The van der Waals surface area contributed by atoms with Gasteiger partial charge in [-0.15, -0.1) is 0 Å². The topological polar surface area (TPSA) is 87.6 Å². The van der Waals surface area contributed by atoms with Gasteiger partial charge < -0.3 is 15.8 Å². The van der Waals surface area contributed by atoms with Crippen LogP contribution in [0.25, 0.3) is 0 Å². The van der Waals surface area contributed by atoms with Crippen molar-refractivity contribution in [3.05, 3.63) is 17.6 Å². The fourth-order valence-corrected chi connectivity index (χ4v) is 2.36. The lowest BCUT2D eigenvalue weighted by Gasteiger charge is -2.23. The summed E-state index contributed by atoms with van der Waals surface area (Å²) in [6.45, 7) is 2.59. The number of aryl methyl sites for hydroxylation is 1. The lowest BCUT2D eigenvalue weighted by molar-refractivity contribution is 0.314. The van der Waals surface area contributed by atoms with E-state index >= 15 is 0 Å². The molecule has 1 heterocycles. The summed E-state index contributed by atoms with van der Waals surface area (Å²) in [4.78, 5) is 10.7. The Balaban J connectivity index is 2.15. The third-order valence-corrected chi connectivity index (χ3v) is 3.38. The highest BCUT2D eigenvalue weighted by molar-refractivity contribution is 5.82. The van der Waals surface area contributed by atoms with Crippen molar-refractivity contribution in [2.45, 2.75) is 26.2 Å². The number of hydrogen-bond donors (Lipinski definition) is 2. The van der Waals surface area contributed by atoms with Gasteiger partial charge in [-0.05, 0) is 19.3 Å². The van der Waals surface area contributed by atoms with Gasteiger partial charge in [0.2, 0.25) is 0 Å². The van der Waals surface area contributed by atoms with E-state index in [1.807, 2.05) is 14.0 Å². The second-order valence-corrected chi connectivity index (χ2v) is 4.78. The normalized spacial score (nSPS) is 16.4. The SMILES string of the molecule is CC(CN(C)c1ncnc2c1CCC2)C(N)=NO. The molecule has 0 saturated heterocycles. The Morgan fingerprint density at radius 1 is 1.56 bits per heavy atom.